The van der Waals surface area contributed by atoms with E-state index in [0.717, 1.165) is 51.2 Å². The molecule has 0 spiro atoms. The molecule has 4 rings (SSSR count). The van der Waals surface area contributed by atoms with Gasteiger partial charge in [0, 0.05) is 25.7 Å². The van der Waals surface area contributed by atoms with E-state index < -0.39 is 11.6 Å². The Morgan fingerprint density at radius 3 is 2.74 bits per heavy atom. The van der Waals surface area contributed by atoms with Gasteiger partial charge in [-0.3, -0.25) is 9.69 Å². The standard InChI is InChI=1S/C18H24F2N2O/c1-2-7-21-10-14-3-5-15(21)12-22(11-14)18(23)9-13-4-6-16(19)17(20)8-13/h4,6,8,14-15H,2-3,5,7,9-12H2,1H3/t14-,15-/m1/s1. The molecule has 3 saturated heterocycles. The van der Waals surface area contributed by atoms with Crippen LogP contribution >= 0.6 is 0 Å². The number of rotatable bonds is 4. The summed E-state index contributed by atoms with van der Waals surface area (Å²) in [4.78, 5) is 17.0. The summed E-state index contributed by atoms with van der Waals surface area (Å²) in [6.07, 6.45) is 3.61. The number of nitrogens with zero attached hydrogens (tertiary/aromatic N) is 2. The number of benzene rings is 1. The zero-order chi connectivity index (χ0) is 16.4. The molecule has 0 aliphatic carbocycles. The molecule has 0 aromatic heterocycles. The van der Waals surface area contributed by atoms with Crippen LogP contribution in [0.1, 0.15) is 31.7 Å². The average molecular weight is 322 g/mol. The van der Waals surface area contributed by atoms with E-state index >= 15 is 0 Å². The Bertz CT molecular complexity index is 578. The van der Waals surface area contributed by atoms with Gasteiger partial charge in [-0.2, -0.15) is 0 Å². The summed E-state index contributed by atoms with van der Waals surface area (Å²) < 4.78 is 26.3. The molecule has 3 aliphatic rings. The minimum Gasteiger partial charge on any atom is -0.341 e. The van der Waals surface area contributed by atoms with Crippen LogP contribution in [0.3, 0.4) is 0 Å². The molecule has 3 fully saturated rings. The third-order valence-corrected chi connectivity index (χ3v) is 5.03. The highest BCUT2D eigenvalue weighted by atomic mass is 19.2. The first kappa shape index (κ1) is 16.4. The Morgan fingerprint density at radius 2 is 2.00 bits per heavy atom. The van der Waals surface area contributed by atoms with Gasteiger partial charge in [0.15, 0.2) is 11.6 Å². The van der Waals surface area contributed by atoms with E-state index in [1.54, 1.807) is 0 Å². The van der Waals surface area contributed by atoms with Crippen LogP contribution in [0.25, 0.3) is 0 Å². The number of hydrogen-bond donors (Lipinski definition) is 0. The summed E-state index contributed by atoms with van der Waals surface area (Å²) in [7, 11) is 0. The molecule has 1 aromatic carbocycles. The second-order valence-corrected chi connectivity index (χ2v) is 6.82. The van der Waals surface area contributed by atoms with Gasteiger partial charge >= 0.3 is 0 Å². The first-order chi connectivity index (χ1) is 11.1. The van der Waals surface area contributed by atoms with Gasteiger partial charge in [0.2, 0.25) is 5.91 Å². The quantitative estimate of drug-likeness (QED) is 0.851. The number of hydrogen-bond acceptors (Lipinski definition) is 2. The van der Waals surface area contributed by atoms with Gasteiger partial charge in [0.25, 0.3) is 0 Å². The Kier molecular flexibility index (Phi) is 4.95. The molecule has 0 N–H and O–H groups in total. The van der Waals surface area contributed by atoms with E-state index in [1.807, 2.05) is 4.90 Å². The highest BCUT2D eigenvalue weighted by molar-refractivity contribution is 5.79. The number of amides is 1. The third-order valence-electron chi connectivity index (χ3n) is 5.03. The van der Waals surface area contributed by atoms with Gasteiger partial charge in [0.1, 0.15) is 0 Å². The van der Waals surface area contributed by atoms with Crippen molar-refractivity contribution in [2.45, 2.75) is 38.6 Å². The zero-order valence-corrected chi connectivity index (χ0v) is 13.6. The number of piperidine rings is 1. The predicted octanol–water partition coefficient (Wildman–Crippen LogP) is 2.84. The zero-order valence-electron chi connectivity index (χ0n) is 13.6. The first-order valence-electron chi connectivity index (χ1n) is 8.52. The molecule has 1 amide bonds. The van der Waals surface area contributed by atoms with Crippen LogP contribution in [0.2, 0.25) is 0 Å². The minimum atomic E-state index is -0.889. The molecule has 0 saturated carbocycles. The molecular formula is C18H24F2N2O. The van der Waals surface area contributed by atoms with Crippen LogP contribution in [-0.2, 0) is 11.2 Å². The molecular weight excluding hydrogens is 298 g/mol. The predicted molar refractivity (Wildman–Crippen MR) is 85.0 cm³/mol. The van der Waals surface area contributed by atoms with Crippen LogP contribution in [-0.4, -0.2) is 47.9 Å². The van der Waals surface area contributed by atoms with E-state index in [1.165, 1.54) is 12.5 Å². The van der Waals surface area contributed by atoms with Crippen LogP contribution in [0.5, 0.6) is 0 Å². The van der Waals surface area contributed by atoms with Crippen LogP contribution in [0.4, 0.5) is 8.78 Å². The largest absolute Gasteiger partial charge is 0.341 e. The molecule has 1 aromatic rings. The lowest BCUT2D eigenvalue weighted by atomic mass is 9.95. The van der Waals surface area contributed by atoms with E-state index in [-0.39, 0.29) is 12.3 Å². The fourth-order valence-electron chi connectivity index (χ4n) is 3.88. The highest BCUT2D eigenvalue weighted by Gasteiger charge is 2.35. The number of halogens is 2. The van der Waals surface area contributed by atoms with Gasteiger partial charge in [0.05, 0.1) is 6.42 Å². The molecule has 5 heteroatoms. The van der Waals surface area contributed by atoms with Gasteiger partial charge in [-0.1, -0.05) is 13.0 Å². The van der Waals surface area contributed by atoms with Gasteiger partial charge < -0.3 is 4.90 Å². The van der Waals surface area contributed by atoms with Crippen molar-refractivity contribution >= 4 is 5.91 Å². The Labute approximate surface area is 136 Å². The molecule has 3 aliphatic heterocycles. The van der Waals surface area contributed by atoms with Gasteiger partial charge in [-0.15, -0.1) is 0 Å². The summed E-state index contributed by atoms with van der Waals surface area (Å²) in [6.45, 7) is 5.91. The Morgan fingerprint density at radius 1 is 1.17 bits per heavy atom. The van der Waals surface area contributed by atoms with E-state index in [2.05, 4.69) is 11.8 Å². The van der Waals surface area contributed by atoms with Crippen molar-refractivity contribution in [2.75, 3.05) is 26.2 Å². The summed E-state index contributed by atoms with van der Waals surface area (Å²) in [5, 5.41) is 0. The van der Waals surface area contributed by atoms with Crippen LogP contribution in [0, 0.1) is 17.6 Å². The van der Waals surface area contributed by atoms with E-state index in [4.69, 9.17) is 0 Å². The normalized spacial score (nSPS) is 24.7. The number of fused-ring (bicyclic) bond motifs is 4. The summed E-state index contributed by atoms with van der Waals surface area (Å²) >= 11 is 0. The van der Waals surface area contributed by atoms with Crippen LogP contribution in [0.15, 0.2) is 18.2 Å². The topological polar surface area (TPSA) is 23.6 Å². The van der Waals surface area contributed by atoms with E-state index in [0.29, 0.717) is 17.5 Å². The first-order valence-corrected chi connectivity index (χ1v) is 8.52. The van der Waals surface area contributed by atoms with Gasteiger partial charge in [-0.25, -0.2) is 8.78 Å². The van der Waals surface area contributed by atoms with Crippen molar-refractivity contribution in [3.8, 4) is 0 Å². The molecule has 2 atom stereocenters. The Balaban J connectivity index is 1.67. The maximum Gasteiger partial charge on any atom is 0.227 e. The molecule has 23 heavy (non-hydrogen) atoms. The molecule has 3 nitrogen and oxygen atoms in total. The van der Waals surface area contributed by atoms with Crippen molar-refractivity contribution in [2.24, 2.45) is 5.92 Å². The summed E-state index contributed by atoms with van der Waals surface area (Å²) in [6, 6.07) is 4.16. The fourth-order valence-corrected chi connectivity index (χ4v) is 3.88. The molecule has 3 heterocycles. The number of carbonyl (C=O) groups excluding carboxylic acids is 1. The van der Waals surface area contributed by atoms with Crippen molar-refractivity contribution in [3.05, 3.63) is 35.4 Å². The van der Waals surface area contributed by atoms with Crippen molar-refractivity contribution in [1.29, 1.82) is 0 Å². The van der Waals surface area contributed by atoms with E-state index in [9.17, 15) is 13.6 Å². The second-order valence-electron chi connectivity index (χ2n) is 6.82. The minimum absolute atomic E-state index is 0.0197. The lowest BCUT2D eigenvalue weighted by molar-refractivity contribution is -0.130. The second kappa shape index (κ2) is 6.95. The Hall–Kier alpha value is -1.49. The maximum absolute atomic E-state index is 13.3. The van der Waals surface area contributed by atoms with Crippen LogP contribution < -0.4 is 0 Å². The monoisotopic (exact) mass is 322 g/mol. The smallest absolute Gasteiger partial charge is 0.227 e. The molecule has 0 unspecified atom stereocenters. The highest BCUT2D eigenvalue weighted by Crippen LogP contribution is 2.28. The summed E-state index contributed by atoms with van der Waals surface area (Å²) in [5.74, 6) is -1.20. The molecule has 0 radical (unpaired) electrons. The van der Waals surface area contributed by atoms with Gasteiger partial charge in [-0.05, 0) is 49.4 Å². The summed E-state index contributed by atoms with van der Waals surface area (Å²) in [5.41, 5.74) is 0.538. The maximum atomic E-state index is 13.3. The SMILES string of the molecule is CCCN1C[C@H]2CC[C@@H]1CN(C(=O)Cc1ccc(F)c(F)c1)C2. The lowest BCUT2D eigenvalue weighted by Crippen LogP contribution is -2.44. The van der Waals surface area contributed by atoms with Crippen molar-refractivity contribution in [1.82, 2.24) is 9.80 Å². The average Bonchev–Trinajstić information content (AvgIpc) is 2.83. The van der Waals surface area contributed by atoms with Crippen molar-refractivity contribution in [3.63, 3.8) is 0 Å². The number of carbonyl (C=O) groups is 1. The molecule has 126 valence electrons. The van der Waals surface area contributed by atoms with Crippen molar-refractivity contribution < 1.29 is 13.6 Å². The fraction of sp³-hybridized carbons (Fsp3) is 0.611. The lowest BCUT2D eigenvalue weighted by Gasteiger charge is -2.35. The third kappa shape index (κ3) is 3.71. The molecule has 2 bridgehead atoms.